The minimum absolute atomic E-state index is 0.207. The van der Waals surface area contributed by atoms with Gasteiger partial charge in [-0.2, -0.15) is 0 Å². The molecule has 2 heterocycles. The molecule has 2 aromatic heterocycles. The van der Waals surface area contributed by atoms with Crippen molar-refractivity contribution in [3.8, 4) is 66.8 Å². The summed E-state index contributed by atoms with van der Waals surface area (Å²) in [4.78, 5) is 2.53. The standard InChI is InChI=1S/C86H55NO2/c1-83(2)67-42-43-74-76(58-29-13-20-36-72(58)88-74)75(67)61-47-69-60(46-70(61)83)55-40-38-49(44-68(55)84(69,3)4)87(48-22-6-5-7-23-48)50-39-41-57-71(45-50)86(64-33-17-10-26-53(64)54-27-11-18-34-65(54)86)80-77(57)78-59-30-14-21-37-73(59)89-82(78)79-56-28-12-19-35-66(56)85(81(79)80)62-31-15-8-24-51(62)52-25-9-16-32-63(52)85/h5-47H,1-4H3. The second-order valence-electron chi connectivity index (χ2n) is 26.8. The Bertz CT molecular complexity index is 5670. The summed E-state index contributed by atoms with van der Waals surface area (Å²) in [6, 6.07) is 99.1. The number of para-hydroxylation sites is 3. The van der Waals surface area contributed by atoms with Gasteiger partial charge in [-0.25, -0.2) is 0 Å². The molecule has 0 saturated carbocycles. The maximum Gasteiger partial charge on any atom is 0.144 e. The van der Waals surface area contributed by atoms with E-state index in [1.807, 2.05) is 0 Å². The molecular formula is C86H55NO2. The quantitative estimate of drug-likeness (QED) is 0.177. The van der Waals surface area contributed by atoms with Gasteiger partial charge in [0.2, 0.25) is 0 Å². The Morgan fingerprint density at radius 2 is 0.685 bits per heavy atom. The van der Waals surface area contributed by atoms with Crippen molar-refractivity contribution in [2.24, 2.45) is 0 Å². The van der Waals surface area contributed by atoms with E-state index in [0.717, 1.165) is 44.8 Å². The highest BCUT2D eigenvalue weighted by Crippen LogP contribution is 2.73. The van der Waals surface area contributed by atoms with E-state index in [1.165, 1.54) is 150 Å². The van der Waals surface area contributed by atoms with Crippen LogP contribution in [0, 0.1) is 0 Å². The third kappa shape index (κ3) is 5.53. The predicted octanol–water partition coefficient (Wildman–Crippen LogP) is 22.3. The van der Waals surface area contributed by atoms with Crippen molar-refractivity contribution in [3.63, 3.8) is 0 Å². The first-order valence-electron chi connectivity index (χ1n) is 31.5. The Morgan fingerprint density at radius 3 is 1.31 bits per heavy atom. The topological polar surface area (TPSA) is 29.5 Å². The molecule has 0 bridgehead atoms. The second-order valence-corrected chi connectivity index (χ2v) is 26.8. The van der Waals surface area contributed by atoms with E-state index in [0.29, 0.717) is 0 Å². The van der Waals surface area contributed by atoms with Crippen LogP contribution in [-0.2, 0) is 21.7 Å². The molecule has 0 fully saturated rings. The Kier molecular flexibility index (Phi) is 8.84. The Labute approximate surface area is 515 Å². The molecule has 3 heteroatoms. The van der Waals surface area contributed by atoms with Crippen molar-refractivity contribution >= 4 is 60.9 Å². The molecule has 0 saturated heterocycles. The van der Waals surface area contributed by atoms with Crippen molar-refractivity contribution in [2.45, 2.75) is 49.4 Å². The van der Waals surface area contributed by atoms with E-state index in [9.17, 15) is 0 Å². The molecule has 6 aliphatic carbocycles. The van der Waals surface area contributed by atoms with E-state index < -0.39 is 10.8 Å². The summed E-state index contributed by atoms with van der Waals surface area (Å²) < 4.78 is 14.0. The number of benzene rings is 13. The third-order valence-electron chi connectivity index (χ3n) is 22.2. The van der Waals surface area contributed by atoms with Gasteiger partial charge in [0.05, 0.1) is 10.8 Å². The van der Waals surface area contributed by atoms with Gasteiger partial charge >= 0.3 is 0 Å². The number of nitrogens with zero attached hydrogens (tertiary/aromatic N) is 1. The summed E-state index contributed by atoms with van der Waals surface area (Å²) in [5, 5.41) is 4.70. The summed E-state index contributed by atoms with van der Waals surface area (Å²) >= 11 is 0. The van der Waals surface area contributed by atoms with Gasteiger partial charge in [-0.15, -0.1) is 0 Å². The average Bonchev–Trinajstić information content (AvgIpc) is 1.47. The second kappa shape index (κ2) is 16.3. The number of anilines is 3. The first-order chi connectivity index (χ1) is 43.7. The van der Waals surface area contributed by atoms with Gasteiger partial charge in [0, 0.05) is 55.0 Å². The van der Waals surface area contributed by atoms with Crippen LogP contribution in [0.15, 0.2) is 270 Å². The van der Waals surface area contributed by atoms with E-state index in [2.05, 4.69) is 293 Å². The van der Waals surface area contributed by atoms with Crippen LogP contribution >= 0.6 is 0 Å². The minimum Gasteiger partial charge on any atom is -0.456 e. The Balaban J connectivity index is 0.837. The fraction of sp³-hybridized carbons (Fsp3) is 0.0930. The van der Waals surface area contributed by atoms with Crippen molar-refractivity contribution in [3.05, 3.63) is 328 Å². The van der Waals surface area contributed by atoms with E-state index >= 15 is 0 Å². The highest BCUT2D eigenvalue weighted by atomic mass is 16.3. The lowest BCUT2D eigenvalue weighted by Crippen LogP contribution is -2.33. The zero-order chi connectivity index (χ0) is 58.6. The molecule has 2 spiro atoms. The zero-order valence-corrected chi connectivity index (χ0v) is 49.6. The number of fused-ring (bicyclic) bond motifs is 36. The number of hydrogen-bond acceptors (Lipinski definition) is 3. The highest BCUT2D eigenvalue weighted by Gasteiger charge is 2.61. The van der Waals surface area contributed by atoms with Crippen molar-refractivity contribution in [2.75, 3.05) is 4.90 Å². The molecule has 21 rings (SSSR count). The van der Waals surface area contributed by atoms with Crippen LogP contribution in [0.5, 0.6) is 0 Å². The minimum atomic E-state index is -0.767. The smallest absolute Gasteiger partial charge is 0.144 e. The largest absolute Gasteiger partial charge is 0.456 e. The summed E-state index contributed by atoms with van der Waals surface area (Å²) in [5.41, 5.74) is 36.3. The SMILES string of the molecule is CC1(C)c2cc(N(c3ccccc3)c3ccc4c(c3)C3(c5ccccc5-c5ccccc53)c3c5c(c6oc7ccccc7c6c3-4)-c3ccccc3C53c4ccccc4-c4ccccc43)ccc2-c2cc3c(cc21)-c1c(ccc2oc4ccccc4c12)C3(C)C. The van der Waals surface area contributed by atoms with Gasteiger partial charge in [0.15, 0.2) is 0 Å². The average molecular weight is 1130 g/mol. The van der Waals surface area contributed by atoms with Crippen LogP contribution in [-0.4, -0.2) is 0 Å². The van der Waals surface area contributed by atoms with Crippen LogP contribution in [0.4, 0.5) is 17.1 Å². The number of hydrogen-bond donors (Lipinski definition) is 0. The molecule has 15 aromatic rings. The molecule has 0 unspecified atom stereocenters. The van der Waals surface area contributed by atoms with Gasteiger partial charge in [-0.3, -0.25) is 0 Å². The molecule has 0 amide bonds. The molecule has 0 atom stereocenters. The molecule has 13 aromatic carbocycles. The summed E-state index contributed by atoms with van der Waals surface area (Å²) in [5.74, 6) is 0. The monoisotopic (exact) mass is 1130 g/mol. The molecule has 6 aliphatic rings. The maximum atomic E-state index is 7.48. The summed E-state index contributed by atoms with van der Waals surface area (Å²) in [7, 11) is 0. The van der Waals surface area contributed by atoms with Crippen LogP contribution in [0.3, 0.4) is 0 Å². The first-order valence-corrected chi connectivity index (χ1v) is 31.5. The molecule has 89 heavy (non-hydrogen) atoms. The van der Waals surface area contributed by atoms with Crippen LogP contribution < -0.4 is 4.90 Å². The van der Waals surface area contributed by atoms with Crippen LogP contribution in [0.25, 0.3) is 111 Å². The molecule has 416 valence electrons. The first kappa shape index (κ1) is 48.4. The molecule has 0 aliphatic heterocycles. The van der Waals surface area contributed by atoms with Crippen LogP contribution in [0.1, 0.15) is 94.5 Å². The summed E-state index contributed by atoms with van der Waals surface area (Å²) in [6.07, 6.45) is 0. The lowest BCUT2D eigenvalue weighted by Gasteiger charge is -2.38. The fourth-order valence-corrected chi connectivity index (χ4v) is 18.7. The predicted molar refractivity (Wildman–Crippen MR) is 363 cm³/mol. The summed E-state index contributed by atoms with van der Waals surface area (Å²) in [6.45, 7) is 9.68. The van der Waals surface area contributed by atoms with Crippen molar-refractivity contribution in [1.82, 2.24) is 0 Å². The van der Waals surface area contributed by atoms with Gasteiger partial charge in [-0.1, -0.05) is 222 Å². The Morgan fingerprint density at radius 1 is 0.258 bits per heavy atom. The third-order valence-corrected chi connectivity index (χ3v) is 22.2. The fourth-order valence-electron chi connectivity index (χ4n) is 18.7. The van der Waals surface area contributed by atoms with Gasteiger partial charge in [-0.05, 0) is 195 Å². The van der Waals surface area contributed by atoms with Gasteiger partial charge in [0.25, 0.3) is 0 Å². The normalized spacial score (nSPS) is 15.8. The van der Waals surface area contributed by atoms with Gasteiger partial charge in [0.1, 0.15) is 22.3 Å². The molecule has 0 N–H and O–H groups in total. The van der Waals surface area contributed by atoms with Gasteiger partial charge < -0.3 is 13.7 Å². The van der Waals surface area contributed by atoms with E-state index in [4.69, 9.17) is 8.83 Å². The van der Waals surface area contributed by atoms with Crippen molar-refractivity contribution in [1.29, 1.82) is 0 Å². The van der Waals surface area contributed by atoms with E-state index in [-0.39, 0.29) is 10.8 Å². The molecule has 3 nitrogen and oxygen atoms in total. The zero-order valence-electron chi connectivity index (χ0n) is 49.6. The highest BCUT2D eigenvalue weighted by molar-refractivity contribution is 6.23. The lowest BCUT2D eigenvalue weighted by molar-refractivity contribution is 0.651. The lowest BCUT2D eigenvalue weighted by atomic mass is 9.62. The molecular weight excluding hydrogens is 1080 g/mol. The maximum absolute atomic E-state index is 7.48. The molecule has 0 radical (unpaired) electrons. The van der Waals surface area contributed by atoms with Crippen molar-refractivity contribution < 1.29 is 8.83 Å². The number of rotatable bonds is 3. The van der Waals surface area contributed by atoms with E-state index in [1.54, 1.807) is 0 Å². The Hall–Kier alpha value is -10.7. The van der Waals surface area contributed by atoms with Crippen LogP contribution in [0.2, 0.25) is 0 Å². The number of furan rings is 2.